The second-order valence-electron chi connectivity index (χ2n) is 6.52. The number of likely N-dealkylation sites (N-methyl/N-ethyl adjacent to an activating group) is 1. The number of pyridine rings is 1. The molecule has 1 fully saturated rings. The number of nitrogens with zero attached hydrogens (tertiary/aromatic N) is 2. The summed E-state index contributed by atoms with van der Waals surface area (Å²) in [5.41, 5.74) is 2.50. The molecule has 2 aromatic rings. The van der Waals surface area contributed by atoms with Gasteiger partial charge < -0.3 is 20.1 Å². The van der Waals surface area contributed by atoms with Crippen molar-refractivity contribution in [2.45, 2.75) is 13.0 Å². The molecule has 1 aliphatic rings. The Labute approximate surface area is 147 Å². The molecule has 1 unspecified atom stereocenters. The molecule has 132 valence electrons. The van der Waals surface area contributed by atoms with E-state index in [9.17, 15) is 9.59 Å². The van der Waals surface area contributed by atoms with Crippen molar-refractivity contribution in [3.8, 4) is 0 Å². The molecule has 0 aliphatic carbocycles. The lowest BCUT2D eigenvalue weighted by atomic mass is 10.1. The Morgan fingerprint density at radius 1 is 1.08 bits per heavy atom. The van der Waals surface area contributed by atoms with Crippen LogP contribution >= 0.6 is 0 Å². The first-order valence-electron chi connectivity index (χ1n) is 8.56. The molecule has 2 heterocycles. The standard InChI is InChI=1S/C19H24N4O2/c1-14(21-19(25)16-5-8-18(24)20-13-16)15-3-6-17(7-4-15)23-11-9-22(2)10-12-23/h3-8,13-14H,9-12H2,1-2H3,(H,20,24)(H,21,25). The van der Waals surface area contributed by atoms with Gasteiger partial charge in [0.25, 0.3) is 5.91 Å². The van der Waals surface area contributed by atoms with Gasteiger partial charge >= 0.3 is 0 Å². The first-order valence-corrected chi connectivity index (χ1v) is 8.56. The van der Waals surface area contributed by atoms with Gasteiger partial charge in [0.05, 0.1) is 11.6 Å². The lowest BCUT2D eigenvalue weighted by Gasteiger charge is -2.34. The fourth-order valence-electron chi connectivity index (χ4n) is 2.95. The number of H-pyrrole nitrogens is 1. The van der Waals surface area contributed by atoms with Crippen LogP contribution < -0.4 is 15.8 Å². The lowest BCUT2D eigenvalue weighted by Crippen LogP contribution is -2.44. The monoisotopic (exact) mass is 340 g/mol. The van der Waals surface area contributed by atoms with Crippen LogP contribution in [0, 0.1) is 0 Å². The van der Waals surface area contributed by atoms with Gasteiger partial charge in [0, 0.05) is 44.1 Å². The zero-order valence-corrected chi connectivity index (χ0v) is 14.7. The molecule has 1 aliphatic heterocycles. The molecule has 0 bridgehead atoms. The fourth-order valence-corrected chi connectivity index (χ4v) is 2.95. The van der Waals surface area contributed by atoms with Gasteiger partial charge in [0.1, 0.15) is 0 Å². The number of carbonyl (C=O) groups is 1. The van der Waals surface area contributed by atoms with E-state index in [1.807, 2.05) is 6.92 Å². The van der Waals surface area contributed by atoms with Crippen LogP contribution in [0.25, 0.3) is 0 Å². The van der Waals surface area contributed by atoms with E-state index in [4.69, 9.17) is 0 Å². The molecule has 6 heteroatoms. The van der Waals surface area contributed by atoms with Gasteiger partial charge in [0.15, 0.2) is 0 Å². The summed E-state index contributed by atoms with van der Waals surface area (Å²) in [4.78, 5) is 30.5. The van der Waals surface area contributed by atoms with Crippen molar-refractivity contribution >= 4 is 11.6 Å². The summed E-state index contributed by atoms with van der Waals surface area (Å²) in [6, 6.07) is 11.1. The van der Waals surface area contributed by atoms with Crippen molar-refractivity contribution in [1.29, 1.82) is 0 Å². The minimum absolute atomic E-state index is 0.110. The SMILES string of the molecule is CC(NC(=O)c1ccc(=O)[nH]c1)c1ccc(N2CCN(C)CC2)cc1. The average molecular weight is 340 g/mol. The summed E-state index contributed by atoms with van der Waals surface area (Å²) in [6.45, 7) is 6.18. The van der Waals surface area contributed by atoms with Crippen molar-refractivity contribution in [3.05, 3.63) is 64.1 Å². The second-order valence-corrected chi connectivity index (χ2v) is 6.52. The molecule has 1 aromatic heterocycles. The van der Waals surface area contributed by atoms with Gasteiger partial charge in [-0.25, -0.2) is 0 Å². The molecule has 1 amide bonds. The number of nitrogens with one attached hydrogen (secondary N) is 2. The van der Waals surface area contributed by atoms with Gasteiger partial charge in [0.2, 0.25) is 5.56 Å². The number of aromatic amines is 1. The maximum Gasteiger partial charge on any atom is 0.253 e. The number of rotatable bonds is 4. The van der Waals surface area contributed by atoms with Crippen LogP contribution in [0.4, 0.5) is 5.69 Å². The molecular formula is C19H24N4O2. The van der Waals surface area contributed by atoms with Gasteiger partial charge in [-0.2, -0.15) is 0 Å². The van der Waals surface area contributed by atoms with E-state index >= 15 is 0 Å². The smallest absolute Gasteiger partial charge is 0.253 e. The molecule has 2 N–H and O–H groups in total. The molecule has 0 spiro atoms. The Bertz CT molecular complexity index is 756. The van der Waals surface area contributed by atoms with Gasteiger partial charge in [-0.1, -0.05) is 12.1 Å². The quantitative estimate of drug-likeness (QED) is 0.887. The minimum Gasteiger partial charge on any atom is -0.369 e. The molecule has 0 radical (unpaired) electrons. The zero-order chi connectivity index (χ0) is 17.8. The topological polar surface area (TPSA) is 68.4 Å². The summed E-state index contributed by atoms with van der Waals surface area (Å²) < 4.78 is 0. The number of benzene rings is 1. The van der Waals surface area contributed by atoms with Gasteiger partial charge in [-0.05, 0) is 37.7 Å². The van der Waals surface area contributed by atoms with Crippen LogP contribution in [0.1, 0.15) is 28.9 Å². The Morgan fingerprint density at radius 3 is 2.36 bits per heavy atom. The van der Waals surface area contributed by atoms with Gasteiger partial charge in [-0.15, -0.1) is 0 Å². The summed E-state index contributed by atoms with van der Waals surface area (Å²) in [5, 5.41) is 2.96. The highest BCUT2D eigenvalue weighted by atomic mass is 16.2. The van der Waals surface area contributed by atoms with Crippen molar-refractivity contribution in [1.82, 2.24) is 15.2 Å². The normalized spacial score (nSPS) is 16.5. The number of aromatic nitrogens is 1. The molecule has 1 aromatic carbocycles. The number of hydrogen-bond donors (Lipinski definition) is 2. The van der Waals surface area contributed by atoms with E-state index in [2.05, 4.69) is 51.4 Å². The first kappa shape index (κ1) is 17.2. The lowest BCUT2D eigenvalue weighted by molar-refractivity contribution is 0.0939. The summed E-state index contributed by atoms with van der Waals surface area (Å²) >= 11 is 0. The third-order valence-electron chi connectivity index (χ3n) is 4.66. The van der Waals surface area contributed by atoms with E-state index in [0.29, 0.717) is 5.56 Å². The van der Waals surface area contributed by atoms with Crippen molar-refractivity contribution < 1.29 is 4.79 Å². The highest BCUT2D eigenvalue weighted by Crippen LogP contribution is 2.20. The van der Waals surface area contributed by atoms with Gasteiger partial charge in [-0.3, -0.25) is 9.59 Å². The Balaban J connectivity index is 1.62. The number of amides is 1. The average Bonchev–Trinajstić information content (AvgIpc) is 2.63. The van der Waals surface area contributed by atoms with Crippen LogP contribution in [0.5, 0.6) is 0 Å². The number of anilines is 1. The van der Waals surface area contributed by atoms with Crippen LogP contribution in [0.2, 0.25) is 0 Å². The molecule has 0 saturated carbocycles. The third-order valence-corrected chi connectivity index (χ3v) is 4.66. The van der Waals surface area contributed by atoms with Crippen LogP contribution in [-0.2, 0) is 0 Å². The molecule has 1 atom stereocenters. The highest BCUT2D eigenvalue weighted by molar-refractivity contribution is 5.94. The predicted molar refractivity (Wildman–Crippen MR) is 99.1 cm³/mol. The molecule has 3 rings (SSSR count). The maximum atomic E-state index is 12.2. The van der Waals surface area contributed by atoms with E-state index in [1.165, 1.54) is 24.0 Å². The van der Waals surface area contributed by atoms with E-state index < -0.39 is 0 Å². The van der Waals surface area contributed by atoms with Crippen molar-refractivity contribution in [2.24, 2.45) is 0 Å². The summed E-state index contributed by atoms with van der Waals surface area (Å²) in [7, 11) is 2.15. The van der Waals surface area contributed by atoms with E-state index in [1.54, 1.807) is 0 Å². The molecule has 6 nitrogen and oxygen atoms in total. The molecule has 25 heavy (non-hydrogen) atoms. The van der Waals surface area contributed by atoms with E-state index in [0.717, 1.165) is 31.7 Å². The third kappa shape index (κ3) is 4.28. The first-order chi connectivity index (χ1) is 12.0. The predicted octanol–water partition coefficient (Wildman–Crippen LogP) is 1.62. The summed E-state index contributed by atoms with van der Waals surface area (Å²) in [5.74, 6) is -0.202. The van der Waals surface area contributed by atoms with Crippen LogP contribution in [0.15, 0.2) is 47.4 Å². The minimum atomic E-state index is -0.218. The molecule has 1 saturated heterocycles. The summed E-state index contributed by atoms with van der Waals surface area (Å²) in [6.07, 6.45) is 1.43. The Hall–Kier alpha value is -2.60. The second kappa shape index (κ2) is 7.53. The fraction of sp³-hybridized carbons (Fsp3) is 0.368. The Morgan fingerprint density at radius 2 is 1.76 bits per heavy atom. The Kier molecular flexibility index (Phi) is 5.19. The number of hydrogen-bond acceptors (Lipinski definition) is 4. The van der Waals surface area contributed by atoms with Crippen molar-refractivity contribution in [3.63, 3.8) is 0 Å². The maximum absolute atomic E-state index is 12.2. The zero-order valence-electron chi connectivity index (χ0n) is 14.7. The van der Waals surface area contributed by atoms with Crippen LogP contribution in [0.3, 0.4) is 0 Å². The van der Waals surface area contributed by atoms with E-state index in [-0.39, 0.29) is 17.5 Å². The number of carbonyl (C=O) groups excluding carboxylic acids is 1. The van der Waals surface area contributed by atoms with Crippen molar-refractivity contribution in [2.75, 3.05) is 38.1 Å². The highest BCUT2D eigenvalue weighted by Gasteiger charge is 2.15. The number of piperazine rings is 1. The van der Waals surface area contributed by atoms with Crippen LogP contribution in [-0.4, -0.2) is 49.0 Å². The molecular weight excluding hydrogens is 316 g/mol. The largest absolute Gasteiger partial charge is 0.369 e.